The zero-order chi connectivity index (χ0) is 17.9. The van der Waals surface area contributed by atoms with Gasteiger partial charge in [-0.2, -0.15) is 0 Å². The lowest BCUT2D eigenvalue weighted by Gasteiger charge is -2.33. The molecule has 0 amide bonds. The second-order valence-corrected chi connectivity index (χ2v) is 7.70. The van der Waals surface area contributed by atoms with E-state index in [0.29, 0.717) is 4.48 Å². The number of aliphatic carboxylic acids is 1. The average Bonchev–Trinajstić information content (AvgIpc) is 2.38. The molecule has 23 heavy (non-hydrogen) atoms. The first-order chi connectivity index (χ1) is 10.6. The molecule has 0 aliphatic carbocycles. The van der Waals surface area contributed by atoms with Crippen LogP contribution in [0.2, 0.25) is 0 Å². The lowest BCUT2D eigenvalue weighted by atomic mass is 9.89. The molecule has 0 spiro atoms. The van der Waals surface area contributed by atoms with Gasteiger partial charge in [-0.25, -0.2) is 0 Å². The molecule has 0 saturated carbocycles. The molecule has 5 nitrogen and oxygen atoms in total. The maximum atomic E-state index is 12.3. The van der Waals surface area contributed by atoms with Crippen molar-refractivity contribution >= 4 is 11.8 Å². The molecule has 136 valence electrons. The molecule has 0 aromatic carbocycles. The van der Waals surface area contributed by atoms with E-state index >= 15 is 0 Å². The van der Waals surface area contributed by atoms with Crippen LogP contribution in [0.4, 0.5) is 0 Å². The number of likely N-dealkylation sites (N-methyl/N-ethyl adjacent to an activating group) is 1. The number of aliphatic hydroxyl groups is 1. The van der Waals surface area contributed by atoms with Crippen LogP contribution in [0.5, 0.6) is 0 Å². The largest absolute Gasteiger partial charge is 0.481 e. The minimum absolute atomic E-state index is 0.120. The van der Waals surface area contributed by atoms with Gasteiger partial charge in [0.05, 0.1) is 27.6 Å². The van der Waals surface area contributed by atoms with Crippen LogP contribution in [0.15, 0.2) is 0 Å². The van der Waals surface area contributed by atoms with Crippen LogP contribution < -0.4 is 0 Å². The number of unbranched alkanes of at least 4 members (excludes halogenated alkanes) is 7. The molecule has 0 radical (unpaired) electrons. The summed E-state index contributed by atoms with van der Waals surface area (Å²) in [6.07, 6.45) is 8.77. The molecule has 0 fully saturated rings. The van der Waals surface area contributed by atoms with Crippen LogP contribution in [0.3, 0.4) is 0 Å². The van der Waals surface area contributed by atoms with Crippen molar-refractivity contribution in [3.63, 3.8) is 0 Å². The normalized spacial score (nSPS) is 14.5. The van der Waals surface area contributed by atoms with Gasteiger partial charge >= 0.3 is 5.97 Å². The molecular weight excluding hydrogens is 294 g/mol. The number of rotatable bonds is 14. The Kier molecular flexibility index (Phi) is 10.3. The van der Waals surface area contributed by atoms with Crippen molar-refractivity contribution in [3.8, 4) is 0 Å². The molecule has 0 bridgehead atoms. The maximum absolute atomic E-state index is 12.3. The third-order valence-electron chi connectivity index (χ3n) is 3.96. The topological polar surface area (TPSA) is 74.6 Å². The van der Waals surface area contributed by atoms with Crippen molar-refractivity contribution in [2.75, 3.05) is 27.7 Å². The zero-order valence-electron chi connectivity index (χ0n) is 15.4. The highest BCUT2D eigenvalue weighted by atomic mass is 16.4. The number of hydrogen-bond donors (Lipinski definition) is 2. The van der Waals surface area contributed by atoms with E-state index < -0.39 is 18.0 Å². The van der Waals surface area contributed by atoms with Gasteiger partial charge in [0.25, 0.3) is 0 Å². The van der Waals surface area contributed by atoms with Gasteiger partial charge in [-0.05, 0) is 6.42 Å². The molecule has 0 aliphatic heterocycles. The van der Waals surface area contributed by atoms with E-state index in [1.165, 1.54) is 32.1 Å². The van der Waals surface area contributed by atoms with Crippen LogP contribution in [-0.4, -0.2) is 59.7 Å². The van der Waals surface area contributed by atoms with E-state index in [1.54, 1.807) is 0 Å². The summed E-state index contributed by atoms with van der Waals surface area (Å²) in [6, 6.07) is 0. The monoisotopic (exact) mass is 330 g/mol. The molecule has 5 heteroatoms. The fraction of sp³-hybridized carbons (Fsp3) is 0.889. The first kappa shape index (κ1) is 22.1. The molecule has 0 rings (SSSR count). The quantitative estimate of drug-likeness (QED) is 0.379. The lowest BCUT2D eigenvalue weighted by Crippen LogP contribution is -2.54. The Bertz CT molecular complexity index is 363. The van der Waals surface area contributed by atoms with Crippen LogP contribution in [0.25, 0.3) is 0 Å². The van der Waals surface area contributed by atoms with E-state index in [-0.39, 0.29) is 18.7 Å². The third-order valence-corrected chi connectivity index (χ3v) is 3.96. The predicted molar refractivity (Wildman–Crippen MR) is 92.3 cm³/mol. The Morgan fingerprint density at radius 3 is 1.83 bits per heavy atom. The van der Waals surface area contributed by atoms with Crippen LogP contribution in [-0.2, 0) is 9.59 Å². The summed E-state index contributed by atoms with van der Waals surface area (Å²) in [5.41, 5.74) is -1.76. The number of carboxylic acids is 1. The second kappa shape index (κ2) is 10.8. The maximum Gasteiger partial charge on any atom is 0.306 e. The summed E-state index contributed by atoms with van der Waals surface area (Å²) in [4.78, 5) is 23.3. The highest BCUT2D eigenvalue weighted by Gasteiger charge is 2.42. The summed E-state index contributed by atoms with van der Waals surface area (Å²) in [5, 5.41) is 19.5. The van der Waals surface area contributed by atoms with Gasteiger partial charge in [0.1, 0.15) is 6.54 Å². The van der Waals surface area contributed by atoms with E-state index in [1.807, 2.05) is 21.1 Å². The summed E-state index contributed by atoms with van der Waals surface area (Å²) >= 11 is 0. The standard InChI is InChI=1S/C18H35NO4/c1-5-6-7-8-9-10-11-12-13-16(20)18(23,14-17(21)22)15-19(2,3)4/h23H,5-15H2,1-4H3/p+1/t18-/m1/s1. The fourth-order valence-corrected chi connectivity index (χ4v) is 2.93. The van der Waals surface area contributed by atoms with Crippen LogP contribution in [0.1, 0.15) is 71.1 Å². The third kappa shape index (κ3) is 11.3. The molecule has 1 atom stereocenters. The highest BCUT2D eigenvalue weighted by molar-refractivity contribution is 5.90. The lowest BCUT2D eigenvalue weighted by molar-refractivity contribution is -0.875. The van der Waals surface area contributed by atoms with Crippen molar-refractivity contribution in [2.45, 2.75) is 76.7 Å². The molecule has 0 aromatic rings. The van der Waals surface area contributed by atoms with Crippen molar-refractivity contribution in [2.24, 2.45) is 0 Å². The van der Waals surface area contributed by atoms with Crippen molar-refractivity contribution in [3.05, 3.63) is 0 Å². The number of carbonyl (C=O) groups excluding carboxylic acids is 1. The molecular formula is C18H36NO4+. The van der Waals surface area contributed by atoms with Gasteiger partial charge in [-0.15, -0.1) is 0 Å². The Morgan fingerprint density at radius 1 is 0.913 bits per heavy atom. The number of carbonyl (C=O) groups is 2. The Labute approximate surface area is 141 Å². The van der Waals surface area contributed by atoms with E-state index in [0.717, 1.165) is 19.3 Å². The Morgan fingerprint density at radius 2 is 1.39 bits per heavy atom. The molecule has 0 heterocycles. The number of hydrogen-bond acceptors (Lipinski definition) is 3. The highest BCUT2D eigenvalue weighted by Crippen LogP contribution is 2.20. The van der Waals surface area contributed by atoms with Crippen LogP contribution >= 0.6 is 0 Å². The Balaban J connectivity index is 4.22. The molecule has 0 aliphatic rings. The van der Waals surface area contributed by atoms with Gasteiger partial charge in [-0.3, -0.25) is 9.59 Å². The molecule has 0 aromatic heterocycles. The number of ketones is 1. The molecule has 2 N–H and O–H groups in total. The second-order valence-electron chi connectivity index (χ2n) is 7.70. The summed E-state index contributed by atoms with van der Waals surface area (Å²) in [6.45, 7) is 2.31. The van der Waals surface area contributed by atoms with Gasteiger partial charge in [0.2, 0.25) is 0 Å². The van der Waals surface area contributed by atoms with Crippen molar-refractivity contribution < 1.29 is 24.3 Å². The van der Waals surface area contributed by atoms with Crippen molar-refractivity contribution in [1.29, 1.82) is 0 Å². The zero-order valence-corrected chi connectivity index (χ0v) is 15.4. The van der Waals surface area contributed by atoms with Crippen LogP contribution in [0, 0.1) is 0 Å². The number of carboxylic acid groups (broad SMARTS) is 1. The number of Topliss-reactive ketones (excluding diaryl/α,β-unsaturated/α-hetero) is 1. The number of quaternary nitrogens is 1. The fourth-order valence-electron chi connectivity index (χ4n) is 2.93. The molecule has 0 saturated heterocycles. The molecule has 0 unspecified atom stereocenters. The van der Waals surface area contributed by atoms with Gasteiger partial charge < -0.3 is 14.7 Å². The van der Waals surface area contributed by atoms with E-state index in [2.05, 4.69) is 6.92 Å². The number of nitrogens with zero attached hydrogens (tertiary/aromatic N) is 1. The average molecular weight is 330 g/mol. The smallest absolute Gasteiger partial charge is 0.306 e. The SMILES string of the molecule is CCCCCCCCCCC(=O)[C@@](O)(CC(=O)O)C[N+](C)(C)C. The van der Waals surface area contributed by atoms with E-state index in [9.17, 15) is 14.7 Å². The van der Waals surface area contributed by atoms with Crippen molar-refractivity contribution in [1.82, 2.24) is 0 Å². The van der Waals surface area contributed by atoms with Gasteiger partial charge in [0, 0.05) is 6.42 Å². The minimum Gasteiger partial charge on any atom is -0.481 e. The first-order valence-electron chi connectivity index (χ1n) is 8.88. The van der Waals surface area contributed by atoms with Gasteiger partial charge in [-0.1, -0.05) is 51.9 Å². The summed E-state index contributed by atoms with van der Waals surface area (Å²) < 4.78 is 0.354. The summed E-state index contributed by atoms with van der Waals surface area (Å²) in [5.74, 6) is -1.47. The predicted octanol–water partition coefficient (Wildman–Crippen LogP) is 3.00. The van der Waals surface area contributed by atoms with Gasteiger partial charge in [0.15, 0.2) is 11.4 Å². The first-order valence-corrected chi connectivity index (χ1v) is 8.88. The summed E-state index contributed by atoms with van der Waals surface area (Å²) in [7, 11) is 5.53. The Hall–Kier alpha value is -0.940. The van der Waals surface area contributed by atoms with E-state index in [4.69, 9.17) is 5.11 Å². The minimum atomic E-state index is -1.76.